The van der Waals surface area contributed by atoms with Gasteiger partial charge in [-0.25, -0.2) is 9.38 Å². The Hall–Kier alpha value is -1.10. The van der Waals surface area contributed by atoms with Gasteiger partial charge in [-0.3, -0.25) is 0 Å². The first-order valence-corrected chi connectivity index (χ1v) is 4.26. The molecule has 0 aliphatic carbocycles. The number of rotatable bonds is 1. The van der Waals surface area contributed by atoms with Crippen LogP contribution in [-0.4, -0.2) is 11.3 Å². The fourth-order valence-electron chi connectivity index (χ4n) is 0.913. The molecule has 0 atom stereocenters. The summed E-state index contributed by atoms with van der Waals surface area (Å²) in [6.07, 6.45) is -4.68. The van der Waals surface area contributed by atoms with E-state index in [1.54, 1.807) is 0 Å². The zero-order valence-corrected chi connectivity index (χ0v) is 8.33. The molecule has 0 bridgehead atoms. The molecule has 6 heteroatoms. The molecule has 0 saturated heterocycles. The lowest BCUT2D eigenvalue weighted by molar-refractivity contribution is -0.0558. The van der Waals surface area contributed by atoms with Gasteiger partial charge >= 0.3 is 6.18 Å². The Morgan fingerprint density at radius 2 is 1.93 bits per heavy atom. The van der Waals surface area contributed by atoms with Gasteiger partial charge in [0.05, 0.1) is 5.69 Å². The summed E-state index contributed by atoms with van der Waals surface area (Å²) in [6.45, 7) is 1.45. The molecule has 0 fully saturated rings. The van der Waals surface area contributed by atoms with E-state index in [9.17, 15) is 17.6 Å². The Kier molecular flexibility index (Phi) is 3.34. The second kappa shape index (κ2) is 4.18. The van der Waals surface area contributed by atoms with Crippen molar-refractivity contribution in [1.29, 1.82) is 0 Å². The van der Waals surface area contributed by atoms with Crippen LogP contribution in [0.5, 0.6) is 0 Å². The van der Waals surface area contributed by atoms with Crippen LogP contribution in [0.4, 0.5) is 23.2 Å². The topological polar surface area (TPSA) is 12.4 Å². The van der Waals surface area contributed by atoms with Crippen molar-refractivity contribution in [2.24, 2.45) is 4.99 Å². The molecular formula is C9H6ClF4N. The maximum absolute atomic E-state index is 12.6. The number of hydrogen-bond donors (Lipinski definition) is 0. The highest BCUT2D eigenvalue weighted by molar-refractivity contribution is 6.67. The molecule has 0 amide bonds. The summed E-state index contributed by atoms with van der Waals surface area (Å²) in [6, 6.07) is 3.24. The predicted molar refractivity (Wildman–Crippen MR) is 50.1 cm³/mol. The Morgan fingerprint density at radius 3 is 2.40 bits per heavy atom. The molecule has 0 aromatic heterocycles. The van der Waals surface area contributed by atoms with Crippen molar-refractivity contribution >= 4 is 22.5 Å². The van der Waals surface area contributed by atoms with E-state index in [4.69, 9.17) is 11.6 Å². The third-order valence-electron chi connectivity index (χ3n) is 1.61. The highest BCUT2D eigenvalue weighted by Gasteiger charge is 2.34. The van der Waals surface area contributed by atoms with Crippen LogP contribution in [0.1, 0.15) is 5.56 Å². The van der Waals surface area contributed by atoms with Crippen LogP contribution in [0.3, 0.4) is 0 Å². The second-order valence-electron chi connectivity index (χ2n) is 2.83. The minimum absolute atomic E-state index is 0.00118. The highest BCUT2D eigenvalue weighted by Crippen LogP contribution is 2.26. The molecule has 0 radical (unpaired) electrons. The maximum atomic E-state index is 12.6. The summed E-state index contributed by atoms with van der Waals surface area (Å²) >= 11 is 4.93. The standard InChI is InChI=1S/C9H6ClF4N/c1-5-4-6(11)2-3-7(5)15-8(10)9(12,13)14/h2-4H,1H3. The Balaban J connectivity index is 3.09. The predicted octanol–water partition coefficient (Wildman–Crippen LogP) is 3.97. The van der Waals surface area contributed by atoms with Crippen molar-refractivity contribution in [2.45, 2.75) is 13.1 Å². The summed E-state index contributed by atoms with van der Waals surface area (Å²) in [5, 5.41) is -1.47. The van der Waals surface area contributed by atoms with Crippen LogP contribution >= 0.6 is 11.6 Å². The number of aliphatic imine (C=N–C) groups is 1. The molecule has 0 spiro atoms. The van der Waals surface area contributed by atoms with E-state index in [0.29, 0.717) is 0 Å². The number of alkyl halides is 3. The second-order valence-corrected chi connectivity index (χ2v) is 3.19. The van der Waals surface area contributed by atoms with Crippen molar-refractivity contribution in [3.63, 3.8) is 0 Å². The summed E-state index contributed by atoms with van der Waals surface area (Å²) in [4.78, 5) is 3.16. The molecule has 0 aliphatic heterocycles. The summed E-state index contributed by atoms with van der Waals surface area (Å²) < 4.78 is 48.6. The third kappa shape index (κ3) is 3.20. The van der Waals surface area contributed by atoms with Gasteiger partial charge in [-0.15, -0.1) is 0 Å². The molecule has 1 nitrogen and oxygen atoms in total. The van der Waals surface area contributed by atoms with Crippen molar-refractivity contribution < 1.29 is 17.6 Å². The van der Waals surface area contributed by atoms with Gasteiger partial charge in [-0.05, 0) is 30.7 Å². The van der Waals surface area contributed by atoms with Gasteiger partial charge in [-0.1, -0.05) is 11.6 Å². The molecule has 1 rings (SSSR count). The van der Waals surface area contributed by atoms with Crippen molar-refractivity contribution in [3.8, 4) is 0 Å². The minimum atomic E-state index is -4.68. The van der Waals surface area contributed by atoms with Gasteiger partial charge in [0.1, 0.15) is 5.82 Å². The molecule has 0 heterocycles. The summed E-state index contributed by atoms with van der Waals surface area (Å²) in [5.41, 5.74) is 0.288. The van der Waals surface area contributed by atoms with Gasteiger partial charge in [0.25, 0.3) is 0 Å². The average molecular weight is 240 g/mol. The normalized spacial score (nSPS) is 13.1. The Labute approximate surface area is 88.4 Å². The molecule has 0 aliphatic rings. The van der Waals surface area contributed by atoms with Gasteiger partial charge < -0.3 is 0 Å². The van der Waals surface area contributed by atoms with Crippen molar-refractivity contribution in [1.82, 2.24) is 0 Å². The van der Waals surface area contributed by atoms with E-state index in [2.05, 4.69) is 4.99 Å². The third-order valence-corrected chi connectivity index (χ3v) is 1.91. The van der Waals surface area contributed by atoms with Crippen molar-refractivity contribution in [2.75, 3.05) is 0 Å². The molecule has 82 valence electrons. The van der Waals surface area contributed by atoms with Gasteiger partial charge in [0.15, 0.2) is 0 Å². The fourth-order valence-corrected chi connectivity index (χ4v) is 1.00. The number of halogens is 5. The van der Waals surface area contributed by atoms with E-state index in [-0.39, 0.29) is 11.3 Å². The number of aryl methyl sites for hydroxylation is 1. The zero-order valence-electron chi connectivity index (χ0n) is 7.57. The van der Waals surface area contributed by atoms with Crippen LogP contribution in [0.25, 0.3) is 0 Å². The van der Waals surface area contributed by atoms with Gasteiger partial charge in [0.2, 0.25) is 5.17 Å². The first-order valence-electron chi connectivity index (χ1n) is 3.88. The fraction of sp³-hybridized carbons (Fsp3) is 0.222. The highest BCUT2D eigenvalue weighted by atomic mass is 35.5. The Morgan fingerprint density at radius 1 is 1.33 bits per heavy atom. The van der Waals surface area contributed by atoms with Crippen LogP contribution in [-0.2, 0) is 0 Å². The lowest BCUT2D eigenvalue weighted by Crippen LogP contribution is -2.16. The van der Waals surface area contributed by atoms with E-state index in [1.807, 2.05) is 0 Å². The van der Waals surface area contributed by atoms with Crippen molar-refractivity contribution in [3.05, 3.63) is 29.6 Å². The average Bonchev–Trinajstić information content (AvgIpc) is 2.08. The first-order chi connectivity index (χ1) is 6.80. The zero-order chi connectivity index (χ0) is 11.6. The van der Waals surface area contributed by atoms with Crippen LogP contribution in [0.15, 0.2) is 23.2 Å². The van der Waals surface area contributed by atoms with Crippen LogP contribution < -0.4 is 0 Å². The van der Waals surface area contributed by atoms with Crippen LogP contribution in [0.2, 0.25) is 0 Å². The summed E-state index contributed by atoms with van der Waals surface area (Å²) in [5.74, 6) is -0.533. The van der Waals surface area contributed by atoms with E-state index >= 15 is 0 Å². The maximum Gasteiger partial charge on any atom is 0.444 e. The molecule has 0 saturated carbocycles. The van der Waals surface area contributed by atoms with Gasteiger partial charge in [-0.2, -0.15) is 13.2 Å². The van der Waals surface area contributed by atoms with E-state index in [0.717, 1.165) is 18.2 Å². The molecular weight excluding hydrogens is 234 g/mol. The number of hydrogen-bond acceptors (Lipinski definition) is 1. The van der Waals surface area contributed by atoms with Crippen LogP contribution in [0, 0.1) is 12.7 Å². The minimum Gasteiger partial charge on any atom is -0.232 e. The summed E-state index contributed by atoms with van der Waals surface area (Å²) in [7, 11) is 0. The molecule has 1 aromatic carbocycles. The van der Waals surface area contributed by atoms with E-state index in [1.165, 1.54) is 6.92 Å². The van der Waals surface area contributed by atoms with Gasteiger partial charge in [0, 0.05) is 0 Å². The Bertz CT molecular complexity index is 398. The smallest absolute Gasteiger partial charge is 0.232 e. The largest absolute Gasteiger partial charge is 0.444 e. The molecule has 0 N–H and O–H groups in total. The molecule has 15 heavy (non-hydrogen) atoms. The SMILES string of the molecule is Cc1cc(F)ccc1N=C(Cl)C(F)(F)F. The molecule has 0 unspecified atom stereocenters. The molecule has 1 aromatic rings. The quantitative estimate of drug-likeness (QED) is 0.519. The lowest BCUT2D eigenvalue weighted by Gasteiger charge is -2.04. The number of nitrogens with zero attached hydrogens (tertiary/aromatic N) is 1. The number of benzene rings is 1. The lowest BCUT2D eigenvalue weighted by atomic mass is 10.2. The monoisotopic (exact) mass is 239 g/mol. The first kappa shape index (κ1) is 12.0. The van der Waals surface area contributed by atoms with E-state index < -0.39 is 17.2 Å².